The van der Waals surface area contributed by atoms with Crippen LogP contribution in [-0.4, -0.2) is 22.8 Å². The van der Waals surface area contributed by atoms with Crippen molar-refractivity contribution in [2.45, 2.75) is 11.5 Å². The Balaban J connectivity index is 1.27. The van der Waals surface area contributed by atoms with Gasteiger partial charge in [0.05, 0.1) is 11.4 Å². The van der Waals surface area contributed by atoms with E-state index in [1.54, 1.807) is 0 Å². The number of rotatable bonds is 5. The van der Waals surface area contributed by atoms with Gasteiger partial charge in [-0.05, 0) is 35.9 Å². The van der Waals surface area contributed by atoms with E-state index < -0.39 is 10.8 Å². The summed E-state index contributed by atoms with van der Waals surface area (Å²) in [4.78, 5) is 4.63. The molecule has 2 aromatic carbocycles. The highest BCUT2D eigenvalue weighted by Crippen LogP contribution is 2.37. The maximum Gasteiger partial charge on any atom is 0.231 e. The summed E-state index contributed by atoms with van der Waals surface area (Å²) in [5.74, 6) is 3.79. The molecule has 2 aliphatic heterocycles. The van der Waals surface area contributed by atoms with Crippen molar-refractivity contribution in [3.63, 3.8) is 0 Å². The van der Waals surface area contributed by atoms with Gasteiger partial charge in [0.2, 0.25) is 13.6 Å². The van der Waals surface area contributed by atoms with Crippen LogP contribution >= 0.6 is 11.3 Å². The van der Waals surface area contributed by atoms with E-state index in [9.17, 15) is 4.21 Å². The molecule has 0 saturated carbocycles. The Morgan fingerprint density at radius 2 is 1.59 bits per heavy atom. The summed E-state index contributed by atoms with van der Waals surface area (Å²) in [5.41, 5.74) is 2.76. The Bertz CT molecular complexity index is 1030. The highest BCUT2D eigenvalue weighted by Gasteiger charge is 2.17. The van der Waals surface area contributed by atoms with Crippen molar-refractivity contribution < 1.29 is 23.2 Å². The molecule has 0 saturated heterocycles. The minimum atomic E-state index is -1.06. The van der Waals surface area contributed by atoms with Crippen LogP contribution in [0, 0.1) is 0 Å². The molecule has 0 amide bonds. The molecule has 0 fully saturated rings. The van der Waals surface area contributed by atoms with E-state index in [0.29, 0.717) is 17.3 Å². The molecule has 5 rings (SSSR count). The average Bonchev–Trinajstić information content (AvgIpc) is 3.40. The molecule has 0 N–H and O–H groups in total. The minimum Gasteiger partial charge on any atom is -0.454 e. The number of benzene rings is 2. The number of thiazole rings is 1. The van der Waals surface area contributed by atoms with Crippen LogP contribution in [0.1, 0.15) is 11.3 Å². The Hall–Kier alpha value is -2.58. The SMILES string of the molecule is O=S(Cc1ccc2c(c1)OCO2)Cc1csc(-c2ccc3c(c2)OCO3)n1. The minimum absolute atomic E-state index is 0.239. The summed E-state index contributed by atoms with van der Waals surface area (Å²) in [7, 11) is -1.06. The molecule has 1 atom stereocenters. The third-order valence-electron chi connectivity index (χ3n) is 4.24. The zero-order chi connectivity index (χ0) is 18.2. The third kappa shape index (κ3) is 3.38. The predicted molar refractivity (Wildman–Crippen MR) is 102 cm³/mol. The fourth-order valence-electron chi connectivity index (χ4n) is 2.97. The summed E-state index contributed by atoms with van der Waals surface area (Å²) in [6.07, 6.45) is 0. The van der Waals surface area contributed by atoms with Crippen LogP contribution in [-0.2, 0) is 22.3 Å². The van der Waals surface area contributed by atoms with Crippen molar-refractivity contribution >= 4 is 22.1 Å². The van der Waals surface area contributed by atoms with Gasteiger partial charge in [-0.15, -0.1) is 11.3 Å². The van der Waals surface area contributed by atoms with Gasteiger partial charge in [0.1, 0.15) is 5.01 Å². The molecule has 6 nitrogen and oxygen atoms in total. The van der Waals surface area contributed by atoms with E-state index in [0.717, 1.165) is 39.1 Å². The number of nitrogens with zero attached hydrogens (tertiary/aromatic N) is 1. The average molecular weight is 401 g/mol. The Kier molecular flexibility index (Phi) is 4.21. The predicted octanol–water partition coefficient (Wildman–Crippen LogP) is 3.72. The lowest BCUT2D eigenvalue weighted by Gasteiger charge is -2.03. The molecule has 3 aromatic rings. The van der Waals surface area contributed by atoms with Gasteiger partial charge in [-0.1, -0.05) is 6.07 Å². The van der Waals surface area contributed by atoms with Crippen molar-refractivity contribution in [2.75, 3.05) is 13.6 Å². The van der Waals surface area contributed by atoms with Crippen LogP contribution in [0.4, 0.5) is 0 Å². The second-order valence-corrected chi connectivity index (χ2v) is 8.44. The molecule has 0 spiro atoms. The van der Waals surface area contributed by atoms with Crippen molar-refractivity contribution in [2.24, 2.45) is 0 Å². The summed E-state index contributed by atoms with van der Waals surface area (Å²) in [6, 6.07) is 11.4. The van der Waals surface area contributed by atoms with Gasteiger partial charge in [0, 0.05) is 27.5 Å². The standard InChI is InChI=1S/C19H15NO5S2/c21-27(8-12-1-3-15-17(5-12)24-10-22-15)9-14-7-26-19(20-14)13-2-4-16-18(6-13)25-11-23-16/h1-7H,8-11H2. The van der Waals surface area contributed by atoms with Crippen molar-refractivity contribution in [3.8, 4) is 33.6 Å². The first-order chi connectivity index (χ1) is 13.2. The zero-order valence-electron chi connectivity index (χ0n) is 14.2. The molecule has 8 heteroatoms. The lowest BCUT2D eigenvalue weighted by Crippen LogP contribution is -2.00. The lowest BCUT2D eigenvalue weighted by molar-refractivity contribution is 0.173. The highest BCUT2D eigenvalue weighted by molar-refractivity contribution is 7.83. The smallest absolute Gasteiger partial charge is 0.231 e. The lowest BCUT2D eigenvalue weighted by atomic mass is 10.2. The normalized spacial score (nSPS) is 15.1. The molecule has 1 unspecified atom stereocenters. The van der Waals surface area contributed by atoms with Crippen molar-refractivity contribution in [1.29, 1.82) is 0 Å². The fourth-order valence-corrected chi connectivity index (χ4v) is 5.02. The van der Waals surface area contributed by atoms with Crippen LogP contribution in [0.15, 0.2) is 41.8 Å². The number of ether oxygens (including phenoxy) is 4. The van der Waals surface area contributed by atoms with E-state index >= 15 is 0 Å². The summed E-state index contributed by atoms with van der Waals surface area (Å²) >= 11 is 1.53. The van der Waals surface area contributed by atoms with Gasteiger partial charge >= 0.3 is 0 Å². The van der Waals surface area contributed by atoms with Gasteiger partial charge in [0.25, 0.3) is 0 Å². The van der Waals surface area contributed by atoms with E-state index in [1.807, 2.05) is 41.8 Å². The highest BCUT2D eigenvalue weighted by atomic mass is 32.2. The summed E-state index contributed by atoms with van der Waals surface area (Å²) in [5, 5.41) is 2.83. The van der Waals surface area contributed by atoms with Crippen LogP contribution in [0.3, 0.4) is 0 Å². The molecule has 0 bridgehead atoms. The number of hydrogen-bond acceptors (Lipinski definition) is 7. The summed E-state index contributed by atoms with van der Waals surface area (Å²) < 4.78 is 34.0. The van der Waals surface area contributed by atoms with Crippen molar-refractivity contribution in [1.82, 2.24) is 4.98 Å². The quantitative estimate of drug-likeness (QED) is 0.649. The van der Waals surface area contributed by atoms with E-state index in [2.05, 4.69) is 4.98 Å². The zero-order valence-corrected chi connectivity index (χ0v) is 15.8. The molecular weight excluding hydrogens is 386 g/mol. The van der Waals surface area contributed by atoms with Crippen LogP contribution < -0.4 is 18.9 Å². The molecule has 2 aliphatic rings. The van der Waals surface area contributed by atoms with Gasteiger partial charge in [0.15, 0.2) is 23.0 Å². The largest absolute Gasteiger partial charge is 0.454 e. The first-order valence-corrected chi connectivity index (χ1v) is 10.7. The van der Waals surface area contributed by atoms with E-state index in [4.69, 9.17) is 18.9 Å². The molecule has 0 radical (unpaired) electrons. The van der Waals surface area contributed by atoms with Gasteiger partial charge in [-0.25, -0.2) is 4.98 Å². The number of hydrogen-bond donors (Lipinski definition) is 0. The topological polar surface area (TPSA) is 66.9 Å². The van der Waals surface area contributed by atoms with Gasteiger partial charge < -0.3 is 18.9 Å². The number of fused-ring (bicyclic) bond motifs is 2. The maximum atomic E-state index is 12.5. The monoisotopic (exact) mass is 401 g/mol. The molecule has 1 aromatic heterocycles. The molecular formula is C19H15NO5S2. The van der Waals surface area contributed by atoms with Crippen LogP contribution in [0.25, 0.3) is 10.6 Å². The van der Waals surface area contributed by atoms with Gasteiger partial charge in [-0.2, -0.15) is 0 Å². The summed E-state index contributed by atoms with van der Waals surface area (Å²) in [6.45, 7) is 0.490. The van der Waals surface area contributed by atoms with Crippen molar-refractivity contribution in [3.05, 3.63) is 53.0 Å². The first-order valence-electron chi connectivity index (χ1n) is 8.32. The molecule has 3 heterocycles. The Labute approximate surface area is 162 Å². The number of aromatic nitrogens is 1. The second-order valence-electron chi connectivity index (χ2n) is 6.13. The fraction of sp³-hybridized carbons (Fsp3) is 0.211. The van der Waals surface area contributed by atoms with E-state index in [-0.39, 0.29) is 13.6 Å². The molecule has 0 aliphatic carbocycles. The Morgan fingerprint density at radius 3 is 2.41 bits per heavy atom. The molecule has 27 heavy (non-hydrogen) atoms. The van der Waals surface area contributed by atoms with Crippen LogP contribution in [0.5, 0.6) is 23.0 Å². The van der Waals surface area contributed by atoms with Crippen LogP contribution in [0.2, 0.25) is 0 Å². The van der Waals surface area contributed by atoms with Gasteiger partial charge in [-0.3, -0.25) is 4.21 Å². The second kappa shape index (κ2) is 6.86. The molecule has 138 valence electrons. The van der Waals surface area contributed by atoms with E-state index in [1.165, 1.54) is 11.3 Å². The first kappa shape index (κ1) is 16.6. The maximum absolute atomic E-state index is 12.5. The Morgan fingerprint density at radius 1 is 0.889 bits per heavy atom. The third-order valence-corrected chi connectivity index (χ3v) is 6.46.